The van der Waals surface area contributed by atoms with Crippen LogP contribution in [0.1, 0.15) is 87.2 Å². The van der Waals surface area contributed by atoms with Gasteiger partial charge in [-0.05, 0) is 104 Å². The molecule has 6 aromatic rings. The standard InChI is InChI=1S/C75H101N21O16S/c1-41(2)62(96-63(101)50(76)31-45-23-25-48(97)26-24-45)72(110)91-54(27-30-113-4)64(102)85-39-60(98)88-58(35-47-38-81-40-86-47)70(108)93-56(33-44-17-9-6-10-18-44)68(106)89-53(22-14-29-83-75(79)80)66(104)94-57(34-46-37-84-51-20-12-11-19-49(46)51)69(107)95-59(36-61(99)100)71(109)90-52(21-13-28-82-74(77)78)65(103)92-55(32-43-15-7-5-8-16-43)67(105)87-42(3)73(111)112/h5-12,15-20,23-26,37-38,40-42,50,52-59,62,84,97H,13-14,21-22,27-36,39,76H2,1-4H3,(H,81,86)(H,85,102)(H,87,105)(H,88,98)(H,89,106)(H,90,109)(H,91,110)(H,92,103)(H,93,108)(H,94,104)(H,95,107)(H,96,101)(H,99,100)(H,111,112)(H4,77,78,82)(H4,79,80,83)/t42-,50-,52-,53-,54-,55-,56-,57-,58-,59-,62-/m0/s1. The van der Waals surface area contributed by atoms with Crippen LogP contribution in [0.3, 0.4) is 0 Å². The number of nitrogens with two attached hydrogens (primary N) is 3. The average Bonchev–Trinajstić information content (AvgIpc) is 1.67. The van der Waals surface area contributed by atoms with Crippen LogP contribution < -0.4 is 86.3 Å². The van der Waals surface area contributed by atoms with Crippen molar-refractivity contribution in [2.45, 2.75) is 158 Å². The Hall–Kier alpha value is -12.6. The first-order chi connectivity index (χ1) is 53.9. The number of fused-ring (bicyclic) bond motifs is 1. The Morgan fingerprint density at radius 2 is 0.947 bits per heavy atom. The minimum atomic E-state index is -2.01. The molecule has 11 atom stereocenters. The van der Waals surface area contributed by atoms with Gasteiger partial charge in [-0.2, -0.15) is 11.8 Å². The lowest BCUT2D eigenvalue weighted by Gasteiger charge is -2.28. The van der Waals surface area contributed by atoms with Gasteiger partial charge in [-0.1, -0.05) is 105 Å². The topological polar surface area (TPSA) is 609 Å². The summed E-state index contributed by atoms with van der Waals surface area (Å²) < 4.78 is 0. The zero-order chi connectivity index (χ0) is 82.7. The fraction of sp³-hybridized carbons (Fsp3) is 0.413. The SMILES string of the molecule is CSCC[C@H](NC(=O)[C@@H](NC(=O)[C@@H](N)Cc1ccc(O)cc1)C(C)C)C(=O)NCC(=O)N[C@@H](Cc1c[nH]cn1)C(=O)N[C@@H](Cc1ccccc1)C(=O)N[C@@H](CCCNC(=N)N)C(=O)N[C@@H](Cc1c[nH]c2ccccc12)C(=O)N[C@@H](CC(=O)O)C(=O)N[C@@H](CCCNC(=N)N)C(=O)N[C@@H](Cc1ccccc1)C(=O)N[C@@H](C)C(=O)O. The van der Waals surface area contributed by atoms with Crippen molar-refractivity contribution in [3.05, 3.63) is 156 Å². The number of thioether (sulfide) groups is 1. The van der Waals surface area contributed by atoms with Gasteiger partial charge in [0.25, 0.3) is 0 Å². The number of carboxylic acids is 2. The number of para-hydroxylation sites is 1. The molecule has 11 amide bonds. The minimum absolute atomic E-state index is 0.0147. The van der Waals surface area contributed by atoms with Crippen LogP contribution in [0.4, 0.5) is 0 Å². The summed E-state index contributed by atoms with van der Waals surface area (Å²) in [6.07, 6.45) is 3.68. The molecule has 0 aliphatic heterocycles. The number of guanidine groups is 2. The molecule has 2 aromatic heterocycles. The van der Waals surface area contributed by atoms with E-state index in [2.05, 4.69) is 84.1 Å². The Balaban J connectivity index is 1.25. The Kier molecular flexibility index (Phi) is 36.0. The second-order valence-electron chi connectivity index (χ2n) is 27.1. The van der Waals surface area contributed by atoms with Crippen molar-refractivity contribution >= 4 is 112 Å². The number of carbonyl (C=O) groups excluding carboxylic acids is 11. The lowest BCUT2D eigenvalue weighted by molar-refractivity contribution is -0.142. The van der Waals surface area contributed by atoms with Crippen molar-refractivity contribution in [1.82, 2.24) is 84.1 Å². The number of carbonyl (C=O) groups is 13. The van der Waals surface area contributed by atoms with E-state index in [0.29, 0.717) is 38.9 Å². The average molecular weight is 1580 g/mol. The van der Waals surface area contributed by atoms with Gasteiger partial charge < -0.3 is 112 Å². The van der Waals surface area contributed by atoms with Gasteiger partial charge in [0.15, 0.2) is 11.9 Å². The highest BCUT2D eigenvalue weighted by molar-refractivity contribution is 7.98. The van der Waals surface area contributed by atoms with E-state index in [0.717, 1.165) is 0 Å². The van der Waals surface area contributed by atoms with Crippen LogP contribution in [0.5, 0.6) is 5.75 Å². The Labute approximate surface area is 655 Å². The molecule has 6 rings (SSSR count). The number of H-pyrrole nitrogens is 2. The maximum Gasteiger partial charge on any atom is 0.325 e. The number of phenolic OH excluding ortho intramolecular Hbond substituents is 1. The number of rotatable bonds is 47. The highest BCUT2D eigenvalue weighted by Crippen LogP contribution is 2.21. The third kappa shape index (κ3) is 30.6. The van der Waals surface area contributed by atoms with E-state index in [9.17, 15) is 63.3 Å². The summed E-state index contributed by atoms with van der Waals surface area (Å²) in [6.45, 7) is 3.80. The molecule has 0 saturated carbocycles. The van der Waals surface area contributed by atoms with Crippen LogP contribution in [0.25, 0.3) is 10.9 Å². The number of hydrogen-bond donors (Lipinski definition) is 23. The van der Waals surface area contributed by atoms with Gasteiger partial charge in [-0.3, -0.25) is 73.1 Å². The molecule has 0 bridgehead atoms. The second kappa shape index (κ2) is 45.5. The fourth-order valence-electron chi connectivity index (χ4n) is 11.7. The molecular weight excluding hydrogens is 1480 g/mol. The molecule has 113 heavy (non-hydrogen) atoms. The number of nitrogens with one attached hydrogen (secondary N) is 17. The Morgan fingerprint density at radius 1 is 0.487 bits per heavy atom. The molecule has 4 aromatic carbocycles. The normalized spacial score (nSPS) is 14.0. The van der Waals surface area contributed by atoms with Crippen LogP contribution in [0, 0.1) is 16.7 Å². The summed E-state index contributed by atoms with van der Waals surface area (Å²) in [5, 5.41) is 79.2. The van der Waals surface area contributed by atoms with Crippen molar-refractivity contribution in [3.8, 4) is 5.75 Å². The van der Waals surface area contributed by atoms with Crippen molar-refractivity contribution in [1.29, 1.82) is 10.8 Å². The molecule has 0 aliphatic carbocycles. The number of hydrogen-bond acceptors (Lipinski definition) is 19. The molecule has 0 aliphatic rings. The number of imidazole rings is 1. The van der Waals surface area contributed by atoms with Gasteiger partial charge in [0.1, 0.15) is 66.2 Å². The fourth-order valence-corrected chi connectivity index (χ4v) is 12.2. The number of aliphatic carboxylic acids is 2. The molecule has 0 radical (unpaired) electrons. The lowest BCUT2D eigenvalue weighted by Crippen LogP contribution is -2.61. The molecule has 0 fully saturated rings. The van der Waals surface area contributed by atoms with E-state index in [1.165, 1.54) is 43.3 Å². The Bertz CT molecular complexity index is 4230. The number of aromatic hydroxyl groups is 1. The number of nitrogens with zero attached hydrogens (tertiary/aromatic N) is 1. The molecule has 0 spiro atoms. The zero-order valence-electron chi connectivity index (χ0n) is 62.9. The summed E-state index contributed by atoms with van der Waals surface area (Å²) in [5.74, 6) is -14.2. The summed E-state index contributed by atoms with van der Waals surface area (Å²) in [6, 6.07) is 13.4. The predicted molar refractivity (Wildman–Crippen MR) is 418 cm³/mol. The van der Waals surface area contributed by atoms with Gasteiger partial charge in [0.2, 0.25) is 65.0 Å². The first-order valence-electron chi connectivity index (χ1n) is 36.4. The quantitative estimate of drug-likeness (QED) is 0.0111. The second-order valence-corrected chi connectivity index (χ2v) is 28.1. The zero-order valence-corrected chi connectivity index (χ0v) is 63.7. The molecule has 0 unspecified atom stereocenters. The molecule has 26 N–H and O–H groups in total. The number of aromatic nitrogens is 3. The van der Waals surface area contributed by atoms with Gasteiger partial charge in [-0.25, -0.2) is 4.98 Å². The summed E-state index contributed by atoms with van der Waals surface area (Å²) in [5.41, 5.74) is 20.3. The Morgan fingerprint density at radius 3 is 1.45 bits per heavy atom. The number of carboxylic acid groups (broad SMARTS) is 2. The van der Waals surface area contributed by atoms with Gasteiger partial charge in [0, 0.05) is 62.1 Å². The maximum absolute atomic E-state index is 15.2. The van der Waals surface area contributed by atoms with Crippen LogP contribution >= 0.6 is 11.8 Å². The first-order valence-corrected chi connectivity index (χ1v) is 37.8. The summed E-state index contributed by atoms with van der Waals surface area (Å²) in [4.78, 5) is 193. The smallest absolute Gasteiger partial charge is 0.325 e. The van der Waals surface area contributed by atoms with Crippen LogP contribution in [-0.4, -0.2) is 217 Å². The first kappa shape index (κ1) is 89.3. The largest absolute Gasteiger partial charge is 0.508 e. The van der Waals surface area contributed by atoms with Crippen LogP contribution in [0.15, 0.2) is 128 Å². The van der Waals surface area contributed by atoms with Gasteiger partial charge >= 0.3 is 11.9 Å². The van der Waals surface area contributed by atoms with Gasteiger partial charge in [0.05, 0.1) is 31.0 Å². The van der Waals surface area contributed by atoms with Crippen LogP contribution in [-0.2, 0) is 94.4 Å². The van der Waals surface area contributed by atoms with E-state index in [4.69, 9.17) is 28.0 Å². The molecule has 37 nitrogen and oxygen atoms in total. The molecule has 0 saturated heterocycles. The minimum Gasteiger partial charge on any atom is -0.508 e. The predicted octanol–water partition coefficient (Wildman–Crippen LogP) is -2.08. The molecule has 38 heteroatoms. The number of benzene rings is 4. The van der Waals surface area contributed by atoms with E-state index in [1.807, 2.05) is 0 Å². The molecule has 608 valence electrons. The maximum atomic E-state index is 15.2. The van der Waals surface area contributed by atoms with Crippen molar-refractivity contribution < 1.29 is 77.6 Å². The van der Waals surface area contributed by atoms with Crippen molar-refractivity contribution in [3.63, 3.8) is 0 Å². The third-order valence-electron chi connectivity index (χ3n) is 17.8. The summed E-state index contributed by atoms with van der Waals surface area (Å²) in [7, 11) is 0. The highest BCUT2D eigenvalue weighted by atomic mass is 32.2. The van der Waals surface area contributed by atoms with E-state index < -0.39 is 174 Å². The van der Waals surface area contributed by atoms with E-state index in [1.54, 1.807) is 123 Å². The molecular formula is C75H101N21O16S. The van der Waals surface area contributed by atoms with E-state index in [-0.39, 0.29) is 88.7 Å². The van der Waals surface area contributed by atoms with Crippen molar-refractivity contribution in [2.75, 3.05) is 31.6 Å². The number of phenols is 1. The van der Waals surface area contributed by atoms with E-state index >= 15 is 14.4 Å². The van der Waals surface area contributed by atoms with Crippen LogP contribution in [0.2, 0.25) is 0 Å². The summed E-state index contributed by atoms with van der Waals surface area (Å²) >= 11 is 1.37. The highest BCUT2D eigenvalue weighted by Gasteiger charge is 2.37. The monoisotopic (exact) mass is 1580 g/mol. The third-order valence-corrected chi connectivity index (χ3v) is 18.4. The molecule has 2 heterocycles. The van der Waals surface area contributed by atoms with Crippen molar-refractivity contribution in [2.24, 2.45) is 23.1 Å². The number of aromatic amines is 2. The lowest BCUT2D eigenvalue weighted by atomic mass is 10.0. The van der Waals surface area contributed by atoms with Gasteiger partial charge in [-0.15, -0.1) is 0 Å². The number of amides is 11.